The summed E-state index contributed by atoms with van der Waals surface area (Å²) in [5, 5.41) is 17.6. The van der Waals surface area contributed by atoms with E-state index in [1.165, 1.54) is 6.33 Å². The van der Waals surface area contributed by atoms with E-state index in [0.29, 0.717) is 35.9 Å². The van der Waals surface area contributed by atoms with Crippen LogP contribution in [0.5, 0.6) is 17.2 Å². The van der Waals surface area contributed by atoms with Crippen LogP contribution < -0.4 is 14.8 Å². The Hall–Kier alpha value is -3.81. The van der Waals surface area contributed by atoms with Gasteiger partial charge in [-0.05, 0) is 47.7 Å². The maximum absolute atomic E-state index is 13.4. The van der Waals surface area contributed by atoms with E-state index in [2.05, 4.69) is 15.4 Å². The SMILES string of the molecule is COc1ccc([C@H]2CC(=O)C3=C(C2)Nc2ncnn2[C@@H]3c2cccc(O)c2)cc1OC. The summed E-state index contributed by atoms with van der Waals surface area (Å²) in [6, 6.07) is 12.3. The first kappa shape index (κ1) is 19.2. The molecule has 0 saturated heterocycles. The van der Waals surface area contributed by atoms with Gasteiger partial charge in [-0.15, -0.1) is 0 Å². The molecule has 2 atom stereocenters. The quantitative estimate of drug-likeness (QED) is 0.670. The van der Waals surface area contributed by atoms with Crippen LogP contribution in [-0.4, -0.2) is 39.9 Å². The van der Waals surface area contributed by atoms with Gasteiger partial charge in [-0.1, -0.05) is 18.2 Å². The number of carbonyl (C=O) groups excluding carboxylic acids is 1. The van der Waals surface area contributed by atoms with E-state index in [-0.39, 0.29) is 17.5 Å². The molecule has 158 valence electrons. The molecule has 8 nitrogen and oxygen atoms in total. The summed E-state index contributed by atoms with van der Waals surface area (Å²) in [5.41, 5.74) is 3.31. The van der Waals surface area contributed by atoms with Gasteiger partial charge in [0, 0.05) is 17.7 Å². The monoisotopic (exact) mass is 418 g/mol. The first-order chi connectivity index (χ1) is 15.1. The molecule has 1 aliphatic carbocycles. The number of phenols is 1. The molecule has 0 saturated carbocycles. The van der Waals surface area contributed by atoms with Crippen molar-refractivity contribution in [3.8, 4) is 17.2 Å². The number of benzene rings is 2. The fourth-order valence-electron chi connectivity index (χ4n) is 4.50. The number of Topliss-reactive ketones (excluding diaryl/α,β-unsaturated/α-hetero) is 1. The largest absolute Gasteiger partial charge is 0.508 e. The Balaban J connectivity index is 1.56. The molecule has 1 aromatic heterocycles. The molecule has 5 rings (SSSR count). The van der Waals surface area contributed by atoms with E-state index in [1.54, 1.807) is 37.1 Å². The Labute approximate surface area is 179 Å². The molecule has 0 bridgehead atoms. The number of nitrogens with zero attached hydrogens (tertiary/aromatic N) is 3. The van der Waals surface area contributed by atoms with Crippen molar-refractivity contribution in [2.75, 3.05) is 19.5 Å². The lowest BCUT2D eigenvalue weighted by Crippen LogP contribution is -2.33. The fourth-order valence-corrected chi connectivity index (χ4v) is 4.50. The van der Waals surface area contributed by atoms with E-state index >= 15 is 0 Å². The first-order valence-corrected chi connectivity index (χ1v) is 10.0. The van der Waals surface area contributed by atoms with Gasteiger partial charge in [-0.2, -0.15) is 10.1 Å². The number of allylic oxidation sites excluding steroid dienone is 2. The van der Waals surface area contributed by atoms with Crippen LogP contribution in [0.1, 0.15) is 35.9 Å². The number of aromatic nitrogens is 3. The van der Waals surface area contributed by atoms with Gasteiger partial charge in [0.15, 0.2) is 17.3 Å². The normalized spacial score (nSPS) is 20.0. The predicted molar refractivity (Wildman–Crippen MR) is 113 cm³/mol. The van der Waals surface area contributed by atoms with Gasteiger partial charge >= 0.3 is 0 Å². The van der Waals surface area contributed by atoms with Crippen molar-refractivity contribution in [3.63, 3.8) is 0 Å². The van der Waals surface area contributed by atoms with Crippen molar-refractivity contribution in [2.45, 2.75) is 24.8 Å². The molecule has 31 heavy (non-hydrogen) atoms. The summed E-state index contributed by atoms with van der Waals surface area (Å²) in [7, 11) is 3.20. The van der Waals surface area contributed by atoms with Crippen LogP contribution in [-0.2, 0) is 4.79 Å². The maximum Gasteiger partial charge on any atom is 0.226 e. The molecule has 0 amide bonds. The number of aromatic hydroxyl groups is 1. The van der Waals surface area contributed by atoms with E-state index in [9.17, 15) is 9.90 Å². The number of phenolic OH excluding ortho intramolecular Hbond substituents is 1. The second-order valence-corrected chi connectivity index (χ2v) is 7.69. The number of hydrogen-bond acceptors (Lipinski definition) is 7. The van der Waals surface area contributed by atoms with Crippen LogP contribution in [0, 0.1) is 0 Å². The standard InChI is InChI=1S/C23H22N4O4/c1-30-19-7-6-13(11-20(19)31-2)15-9-17-21(18(29)10-15)22(14-4-3-5-16(28)8-14)27-23(26-17)24-12-25-27/h3-8,11-12,15,22,28H,9-10H2,1-2H3,(H,24,25,26)/t15-,22-/m1/s1. The van der Waals surface area contributed by atoms with Crippen LogP contribution in [0.2, 0.25) is 0 Å². The maximum atomic E-state index is 13.4. The van der Waals surface area contributed by atoms with E-state index in [4.69, 9.17) is 9.47 Å². The third-order valence-electron chi connectivity index (χ3n) is 5.93. The van der Waals surface area contributed by atoms with Crippen molar-refractivity contribution in [1.82, 2.24) is 14.8 Å². The second-order valence-electron chi connectivity index (χ2n) is 7.69. The molecule has 3 aromatic rings. The van der Waals surface area contributed by atoms with Gasteiger partial charge < -0.3 is 19.9 Å². The lowest BCUT2D eigenvalue weighted by Gasteiger charge is -2.35. The van der Waals surface area contributed by atoms with Gasteiger partial charge in [0.2, 0.25) is 5.95 Å². The predicted octanol–water partition coefficient (Wildman–Crippen LogP) is 3.42. The van der Waals surface area contributed by atoms with Crippen molar-refractivity contribution < 1.29 is 19.4 Å². The van der Waals surface area contributed by atoms with Crippen LogP contribution in [0.15, 0.2) is 60.1 Å². The zero-order valence-corrected chi connectivity index (χ0v) is 17.2. The third kappa shape index (κ3) is 3.20. The third-order valence-corrected chi connectivity index (χ3v) is 5.93. The molecule has 0 spiro atoms. The average Bonchev–Trinajstić information content (AvgIpc) is 3.25. The van der Waals surface area contributed by atoms with Crippen LogP contribution in [0.25, 0.3) is 0 Å². The molecule has 1 aliphatic heterocycles. The molecule has 2 N–H and O–H groups in total. The fraction of sp³-hybridized carbons (Fsp3) is 0.261. The minimum Gasteiger partial charge on any atom is -0.508 e. The lowest BCUT2D eigenvalue weighted by molar-refractivity contribution is -0.116. The summed E-state index contributed by atoms with van der Waals surface area (Å²) in [6.07, 6.45) is 2.49. The number of methoxy groups -OCH3 is 2. The summed E-state index contributed by atoms with van der Waals surface area (Å²) in [4.78, 5) is 17.7. The highest BCUT2D eigenvalue weighted by atomic mass is 16.5. The number of rotatable bonds is 4. The van der Waals surface area contributed by atoms with Gasteiger partial charge in [-0.25, -0.2) is 4.68 Å². The van der Waals surface area contributed by atoms with Crippen LogP contribution in [0.4, 0.5) is 5.95 Å². The molecule has 2 aliphatic rings. The smallest absolute Gasteiger partial charge is 0.226 e. The highest BCUT2D eigenvalue weighted by Gasteiger charge is 2.39. The van der Waals surface area contributed by atoms with Crippen LogP contribution in [0.3, 0.4) is 0 Å². The topological polar surface area (TPSA) is 98.5 Å². The molecule has 2 aromatic carbocycles. The molecule has 2 heterocycles. The molecule has 0 radical (unpaired) electrons. The second kappa shape index (κ2) is 7.46. The number of ketones is 1. The van der Waals surface area contributed by atoms with Crippen molar-refractivity contribution in [2.24, 2.45) is 0 Å². The zero-order valence-electron chi connectivity index (χ0n) is 17.2. The minimum atomic E-state index is -0.431. The number of anilines is 1. The minimum absolute atomic E-state index is 0.00199. The molecule has 0 unspecified atom stereocenters. The highest BCUT2D eigenvalue weighted by molar-refractivity contribution is 6.00. The number of nitrogens with one attached hydrogen (secondary N) is 1. The average molecular weight is 418 g/mol. The molecule has 8 heteroatoms. The van der Waals surface area contributed by atoms with Crippen molar-refractivity contribution in [1.29, 1.82) is 0 Å². The molecule has 0 fully saturated rings. The zero-order chi connectivity index (χ0) is 21.5. The Morgan fingerprint density at radius 2 is 1.90 bits per heavy atom. The van der Waals surface area contributed by atoms with Gasteiger partial charge in [-0.3, -0.25) is 4.79 Å². The number of fused-ring (bicyclic) bond motifs is 1. The van der Waals surface area contributed by atoms with E-state index in [0.717, 1.165) is 16.8 Å². The lowest BCUT2D eigenvalue weighted by atomic mass is 9.78. The Morgan fingerprint density at radius 3 is 2.68 bits per heavy atom. The number of hydrogen-bond donors (Lipinski definition) is 2. The van der Waals surface area contributed by atoms with Crippen molar-refractivity contribution >= 4 is 11.7 Å². The van der Waals surface area contributed by atoms with E-state index in [1.807, 2.05) is 24.3 Å². The van der Waals surface area contributed by atoms with Gasteiger partial charge in [0.05, 0.1) is 14.2 Å². The van der Waals surface area contributed by atoms with Crippen LogP contribution >= 0.6 is 0 Å². The Kier molecular flexibility index (Phi) is 4.62. The first-order valence-electron chi connectivity index (χ1n) is 10.0. The summed E-state index contributed by atoms with van der Waals surface area (Å²) >= 11 is 0. The van der Waals surface area contributed by atoms with Gasteiger partial charge in [0.25, 0.3) is 0 Å². The number of ether oxygens (including phenoxy) is 2. The summed E-state index contributed by atoms with van der Waals surface area (Å²) < 4.78 is 12.5. The Morgan fingerprint density at radius 1 is 1.06 bits per heavy atom. The van der Waals surface area contributed by atoms with Crippen molar-refractivity contribution in [3.05, 3.63) is 71.2 Å². The molecular weight excluding hydrogens is 396 g/mol. The Bertz CT molecular complexity index is 1200. The summed E-state index contributed by atoms with van der Waals surface area (Å²) in [6.45, 7) is 0. The highest BCUT2D eigenvalue weighted by Crippen LogP contribution is 2.45. The summed E-state index contributed by atoms with van der Waals surface area (Å²) in [5.74, 6) is 2.06. The molecular formula is C23H22N4O4. The van der Waals surface area contributed by atoms with E-state index < -0.39 is 6.04 Å². The number of carbonyl (C=O) groups is 1. The van der Waals surface area contributed by atoms with Gasteiger partial charge in [0.1, 0.15) is 18.1 Å².